The Hall–Kier alpha value is -2.24. The molecule has 4 aliphatic rings. The molecule has 0 spiro atoms. The zero-order valence-corrected chi connectivity index (χ0v) is 21.9. The molecule has 5 nitrogen and oxygen atoms in total. The molecular weight excluding hydrogens is 438 g/mol. The molecule has 35 heavy (non-hydrogen) atoms. The smallest absolute Gasteiger partial charge is 0.190 e. The van der Waals surface area contributed by atoms with Gasteiger partial charge in [0.05, 0.1) is 0 Å². The third kappa shape index (κ3) is 3.65. The van der Waals surface area contributed by atoms with Gasteiger partial charge in [0.25, 0.3) is 0 Å². The molecule has 0 aromatic heterocycles. The Bertz CT molecular complexity index is 1080. The van der Waals surface area contributed by atoms with Crippen molar-refractivity contribution >= 4 is 17.3 Å². The van der Waals surface area contributed by atoms with Crippen molar-refractivity contribution in [3.05, 3.63) is 52.6 Å². The molecule has 1 aromatic rings. The van der Waals surface area contributed by atoms with Crippen molar-refractivity contribution < 1.29 is 19.1 Å². The van der Waals surface area contributed by atoms with Crippen LogP contribution in [0.5, 0.6) is 0 Å². The lowest BCUT2D eigenvalue weighted by molar-refractivity contribution is -0.166. The van der Waals surface area contributed by atoms with Crippen molar-refractivity contribution in [2.75, 3.05) is 39.8 Å². The average Bonchev–Trinajstić information content (AvgIpc) is 3.16. The number of methoxy groups -OCH3 is 2. The second kappa shape index (κ2) is 9.01. The Morgan fingerprint density at radius 3 is 2.49 bits per heavy atom. The van der Waals surface area contributed by atoms with E-state index in [1.54, 1.807) is 19.8 Å². The van der Waals surface area contributed by atoms with Crippen molar-refractivity contribution in [1.82, 2.24) is 0 Å². The van der Waals surface area contributed by atoms with Gasteiger partial charge >= 0.3 is 0 Å². The third-order valence-corrected chi connectivity index (χ3v) is 9.74. The van der Waals surface area contributed by atoms with Crippen molar-refractivity contribution in [2.45, 2.75) is 63.4 Å². The van der Waals surface area contributed by atoms with Gasteiger partial charge in [-0.2, -0.15) is 0 Å². The molecule has 1 unspecified atom stereocenters. The van der Waals surface area contributed by atoms with Gasteiger partial charge in [-0.3, -0.25) is 9.59 Å². The zero-order chi connectivity index (χ0) is 25.0. The van der Waals surface area contributed by atoms with Gasteiger partial charge in [0.1, 0.15) is 12.2 Å². The van der Waals surface area contributed by atoms with Crippen LogP contribution in [0.2, 0.25) is 0 Å². The van der Waals surface area contributed by atoms with E-state index in [2.05, 4.69) is 50.2 Å². The molecule has 4 aliphatic carbocycles. The summed E-state index contributed by atoms with van der Waals surface area (Å²) in [7, 11) is 7.43. The molecule has 188 valence electrons. The SMILES string of the molecule is COCC(=O)[C@@]1(OC)CC[C@H]2[C@@H]3CCC4=CC(=O)CCC4=C3C(c3ccc(N(C)C)cc3)C[C@@]21C. The molecule has 2 fully saturated rings. The lowest BCUT2D eigenvalue weighted by atomic mass is 9.50. The summed E-state index contributed by atoms with van der Waals surface area (Å²) in [6.07, 6.45) is 7.99. The summed E-state index contributed by atoms with van der Waals surface area (Å²) in [5, 5.41) is 0. The number of anilines is 1. The van der Waals surface area contributed by atoms with E-state index in [1.165, 1.54) is 22.4 Å². The number of fused-ring (bicyclic) bond motifs is 4. The lowest BCUT2D eigenvalue weighted by Crippen LogP contribution is -2.57. The van der Waals surface area contributed by atoms with Crippen molar-refractivity contribution in [3.63, 3.8) is 0 Å². The Balaban J connectivity index is 1.66. The fraction of sp³-hybridized carbons (Fsp3) is 0.600. The number of benzene rings is 1. The molecule has 5 heteroatoms. The van der Waals surface area contributed by atoms with Crippen molar-refractivity contribution in [3.8, 4) is 0 Å². The molecule has 0 aliphatic heterocycles. The highest BCUT2D eigenvalue weighted by atomic mass is 16.5. The van der Waals surface area contributed by atoms with Crippen LogP contribution in [0.4, 0.5) is 5.69 Å². The molecule has 2 saturated carbocycles. The number of allylic oxidation sites excluding steroid dienone is 4. The number of carbonyl (C=O) groups excluding carboxylic acids is 2. The number of hydrogen-bond donors (Lipinski definition) is 0. The van der Waals surface area contributed by atoms with E-state index in [0.717, 1.165) is 38.5 Å². The van der Waals surface area contributed by atoms with Gasteiger partial charge in [-0.25, -0.2) is 0 Å². The Morgan fingerprint density at radius 1 is 1.09 bits per heavy atom. The van der Waals surface area contributed by atoms with Gasteiger partial charge in [0.2, 0.25) is 0 Å². The van der Waals surface area contributed by atoms with E-state index >= 15 is 0 Å². The number of nitrogens with zero attached hydrogens (tertiary/aromatic N) is 1. The first-order chi connectivity index (χ1) is 16.8. The third-order valence-electron chi connectivity index (χ3n) is 9.74. The minimum atomic E-state index is -0.815. The second-order valence-corrected chi connectivity index (χ2v) is 11.4. The van der Waals surface area contributed by atoms with Crippen LogP contribution in [0.1, 0.15) is 63.4 Å². The van der Waals surface area contributed by atoms with Crippen LogP contribution in [0.3, 0.4) is 0 Å². The molecule has 1 aromatic carbocycles. The maximum absolute atomic E-state index is 13.5. The summed E-state index contributed by atoms with van der Waals surface area (Å²) in [6, 6.07) is 8.92. The summed E-state index contributed by atoms with van der Waals surface area (Å²) in [5.74, 6) is 1.36. The topological polar surface area (TPSA) is 55.8 Å². The quantitative estimate of drug-likeness (QED) is 0.560. The first-order valence-corrected chi connectivity index (χ1v) is 13.1. The Morgan fingerprint density at radius 2 is 1.83 bits per heavy atom. The van der Waals surface area contributed by atoms with E-state index in [1.807, 2.05) is 6.08 Å². The average molecular weight is 478 g/mol. The van der Waals surface area contributed by atoms with Gasteiger partial charge in [-0.05, 0) is 85.3 Å². The Labute approximate surface area is 209 Å². The summed E-state index contributed by atoms with van der Waals surface area (Å²) < 4.78 is 11.5. The summed E-state index contributed by atoms with van der Waals surface area (Å²) in [4.78, 5) is 27.9. The first kappa shape index (κ1) is 24.5. The monoisotopic (exact) mass is 477 g/mol. The van der Waals surface area contributed by atoms with Gasteiger partial charge in [0.15, 0.2) is 11.6 Å². The van der Waals surface area contributed by atoms with Gasteiger partial charge in [-0.1, -0.05) is 24.6 Å². The highest BCUT2D eigenvalue weighted by molar-refractivity contribution is 5.93. The highest BCUT2D eigenvalue weighted by Crippen LogP contribution is 2.67. The minimum Gasteiger partial charge on any atom is -0.378 e. The molecule has 5 atom stereocenters. The molecular formula is C30H39NO4. The Kier molecular flexibility index (Phi) is 6.29. The number of ketones is 2. The van der Waals surface area contributed by atoms with Gasteiger partial charge < -0.3 is 14.4 Å². The normalized spacial score (nSPS) is 34.1. The maximum Gasteiger partial charge on any atom is 0.190 e. The summed E-state index contributed by atoms with van der Waals surface area (Å²) >= 11 is 0. The number of Topliss-reactive ketones (excluding diaryl/α,β-unsaturated/α-hetero) is 1. The van der Waals surface area contributed by atoms with E-state index in [9.17, 15) is 9.59 Å². The van der Waals surface area contributed by atoms with Crippen LogP contribution < -0.4 is 4.90 Å². The fourth-order valence-electron chi connectivity index (χ4n) is 8.11. The van der Waals surface area contributed by atoms with Crippen LogP contribution in [0.25, 0.3) is 0 Å². The summed E-state index contributed by atoms with van der Waals surface area (Å²) in [6.45, 7) is 2.39. The fourth-order valence-corrected chi connectivity index (χ4v) is 8.11. The lowest BCUT2D eigenvalue weighted by Gasteiger charge is -2.55. The molecule has 0 amide bonds. The molecule has 0 bridgehead atoms. The number of carbonyl (C=O) groups is 2. The van der Waals surface area contributed by atoms with E-state index in [4.69, 9.17) is 9.47 Å². The summed E-state index contributed by atoms with van der Waals surface area (Å²) in [5.41, 5.74) is 5.63. The number of ether oxygens (including phenoxy) is 2. The molecule has 0 heterocycles. The molecule has 0 radical (unpaired) electrons. The van der Waals surface area contributed by atoms with Crippen LogP contribution in [-0.2, 0) is 19.1 Å². The van der Waals surface area contributed by atoms with E-state index < -0.39 is 5.60 Å². The molecule has 5 rings (SSSR count). The van der Waals surface area contributed by atoms with Crippen LogP contribution in [0, 0.1) is 17.3 Å². The standard InChI is InChI=1S/C30H39NO4/c1-29-17-25(19-6-9-21(10-7-19)31(2)3)28-23-13-11-22(32)16-20(23)8-12-24(28)26(29)14-15-30(29,35-5)27(33)18-34-4/h6-7,9-10,16,24-26H,8,11-15,17-18H2,1-5H3/t24-,25?,26-,29-,30-/m0/s1. The van der Waals surface area contributed by atoms with Crippen LogP contribution in [0.15, 0.2) is 47.1 Å². The predicted molar refractivity (Wildman–Crippen MR) is 138 cm³/mol. The minimum absolute atomic E-state index is 0.0740. The highest BCUT2D eigenvalue weighted by Gasteiger charge is 2.66. The van der Waals surface area contributed by atoms with E-state index in [0.29, 0.717) is 18.3 Å². The van der Waals surface area contributed by atoms with Gasteiger partial charge in [0, 0.05) is 51.8 Å². The van der Waals surface area contributed by atoms with Crippen molar-refractivity contribution in [2.24, 2.45) is 17.3 Å². The largest absolute Gasteiger partial charge is 0.378 e. The molecule has 0 saturated heterocycles. The number of hydrogen-bond acceptors (Lipinski definition) is 5. The van der Waals surface area contributed by atoms with E-state index in [-0.39, 0.29) is 29.5 Å². The van der Waals surface area contributed by atoms with Crippen LogP contribution in [-0.4, -0.2) is 52.1 Å². The maximum atomic E-state index is 13.5. The molecule has 0 N–H and O–H groups in total. The second-order valence-electron chi connectivity index (χ2n) is 11.4. The zero-order valence-electron chi connectivity index (χ0n) is 21.9. The van der Waals surface area contributed by atoms with Crippen LogP contribution >= 0.6 is 0 Å². The number of rotatable bonds is 6. The predicted octanol–water partition coefficient (Wildman–Crippen LogP) is 5.25. The van der Waals surface area contributed by atoms with Crippen molar-refractivity contribution in [1.29, 1.82) is 0 Å². The first-order valence-electron chi connectivity index (χ1n) is 13.1. The van der Waals surface area contributed by atoms with Gasteiger partial charge in [-0.15, -0.1) is 0 Å².